The molecule has 1 aliphatic rings. The molecule has 1 fully saturated rings. The van der Waals surface area contributed by atoms with Gasteiger partial charge in [0, 0.05) is 17.0 Å². The number of para-hydroxylation sites is 2. The number of hydrogen-bond acceptors (Lipinski definition) is 4. The average molecular weight is 421 g/mol. The van der Waals surface area contributed by atoms with Crippen LogP contribution in [0.3, 0.4) is 0 Å². The monoisotopic (exact) mass is 420 g/mol. The number of aryl methyl sites for hydroxylation is 1. The predicted molar refractivity (Wildman–Crippen MR) is 120 cm³/mol. The summed E-state index contributed by atoms with van der Waals surface area (Å²) >= 11 is 1.56. The molecule has 1 N–H and O–H groups in total. The van der Waals surface area contributed by atoms with Gasteiger partial charge >= 0.3 is 0 Å². The predicted octanol–water partition coefficient (Wildman–Crippen LogP) is 5.19. The summed E-state index contributed by atoms with van der Waals surface area (Å²) in [6, 6.07) is 18.8. The third-order valence-electron chi connectivity index (χ3n) is 5.25. The normalized spacial score (nSPS) is 18.5. The molecular weight excluding hydrogens is 396 g/mol. The van der Waals surface area contributed by atoms with E-state index in [-0.39, 0.29) is 24.3 Å². The molecule has 4 rings (SSSR count). The van der Waals surface area contributed by atoms with E-state index in [0.717, 1.165) is 16.1 Å². The third-order valence-corrected chi connectivity index (χ3v) is 6.19. The molecule has 0 saturated carbocycles. The van der Waals surface area contributed by atoms with Crippen molar-refractivity contribution in [1.82, 2.24) is 0 Å². The van der Waals surface area contributed by atoms with Crippen LogP contribution in [0, 0.1) is 12.8 Å². The van der Waals surface area contributed by atoms with Crippen molar-refractivity contribution in [1.29, 1.82) is 0 Å². The molecule has 1 aromatic heterocycles. The highest BCUT2D eigenvalue weighted by Crippen LogP contribution is 2.43. The van der Waals surface area contributed by atoms with Crippen LogP contribution in [0.25, 0.3) is 0 Å². The first-order valence-electron chi connectivity index (χ1n) is 10.0. The second-order valence-electron chi connectivity index (χ2n) is 7.29. The highest BCUT2D eigenvalue weighted by atomic mass is 32.1. The van der Waals surface area contributed by atoms with Crippen LogP contribution in [0.4, 0.5) is 11.4 Å². The van der Waals surface area contributed by atoms with Gasteiger partial charge in [-0.1, -0.05) is 35.9 Å². The van der Waals surface area contributed by atoms with Crippen LogP contribution in [0.5, 0.6) is 5.75 Å². The Bertz CT molecular complexity index is 1030. The Labute approximate surface area is 180 Å². The van der Waals surface area contributed by atoms with Crippen molar-refractivity contribution in [3.05, 3.63) is 76.5 Å². The van der Waals surface area contributed by atoms with Gasteiger partial charge < -0.3 is 15.0 Å². The molecule has 30 heavy (non-hydrogen) atoms. The van der Waals surface area contributed by atoms with Crippen LogP contribution >= 0.6 is 11.3 Å². The molecule has 0 spiro atoms. The van der Waals surface area contributed by atoms with Crippen LogP contribution < -0.4 is 15.0 Å². The van der Waals surface area contributed by atoms with E-state index in [2.05, 4.69) is 5.32 Å². The SMILES string of the molecule is CCOc1ccccc1NC(=O)C1CC(=O)N(c2ccc(C)cc2)C1c1cccs1. The summed E-state index contributed by atoms with van der Waals surface area (Å²) in [7, 11) is 0. The van der Waals surface area contributed by atoms with Crippen LogP contribution in [0.15, 0.2) is 66.0 Å². The number of benzene rings is 2. The quantitative estimate of drug-likeness (QED) is 0.597. The molecule has 6 heteroatoms. The summed E-state index contributed by atoms with van der Waals surface area (Å²) in [6.07, 6.45) is 0.166. The van der Waals surface area contributed by atoms with E-state index >= 15 is 0 Å². The summed E-state index contributed by atoms with van der Waals surface area (Å²) in [5.74, 6) is -0.0908. The Kier molecular flexibility index (Phi) is 5.86. The Morgan fingerprint density at radius 3 is 2.60 bits per heavy atom. The van der Waals surface area contributed by atoms with Gasteiger partial charge in [-0.2, -0.15) is 0 Å². The first-order valence-corrected chi connectivity index (χ1v) is 10.9. The van der Waals surface area contributed by atoms with Crippen molar-refractivity contribution in [3.63, 3.8) is 0 Å². The maximum atomic E-state index is 13.3. The van der Waals surface area contributed by atoms with Crippen LogP contribution in [-0.4, -0.2) is 18.4 Å². The smallest absolute Gasteiger partial charge is 0.230 e. The number of rotatable bonds is 6. The van der Waals surface area contributed by atoms with Crippen molar-refractivity contribution in [3.8, 4) is 5.75 Å². The van der Waals surface area contributed by atoms with Gasteiger partial charge in [0.05, 0.1) is 24.3 Å². The molecule has 2 unspecified atom stereocenters. The molecule has 1 saturated heterocycles. The molecule has 2 heterocycles. The number of amides is 2. The van der Waals surface area contributed by atoms with Gasteiger partial charge in [0.2, 0.25) is 11.8 Å². The zero-order chi connectivity index (χ0) is 21.1. The summed E-state index contributed by atoms with van der Waals surface area (Å²) in [5.41, 5.74) is 2.56. The Hall–Kier alpha value is -3.12. The van der Waals surface area contributed by atoms with Crippen molar-refractivity contribution in [2.45, 2.75) is 26.3 Å². The summed E-state index contributed by atoms with van der Waals surface area (Å²) < 4.78 is 5.63. The maximum absolute atomic E-state index is 13.3. The number of nitrogens with zero attached hydrogens (tertiary/aromatic N) is 1. The van der Waals surface area contributed by atoms with Gasteiger partial charge in [-0.25, -0.2) is 0 Å². The van der Waals surface area contributed by atoms with Gasteiger partial charge in [0.25, 0.3) is 0 Å². The standard InChI is InChI=1S/C24H24N2O3S/c1-3-29-20-8-5-4-7-19(20)25-24(28)18-15-22(27)26(17-12-10-16(2)11-13-17)23(18)21-9-6-14-30-21/h4-14,18,23H,3,15H2,1-2H3,(H,25,28). The minimum Gasteiger partial charge on any atom is -0.492 e. The molecule has 2 aromatic carbocycles. The molecule has 154 valence electrons. The number of thiophene rings is 1. The maximum Gasteiger partial charge on any atom is 0.230 e. The van der Waals surface area contributed by atoms with E-state index in [9.17, 15) is 9.59 Å². The van der Waals surface area contributed by atoms with Crippen molar-refractivity contribution >= 4 is 34.5 Å². The van der Waals surface area contributed by atoms with Gasteiger partial charge in [-0.15, -0.1) is 11.3 Å². The van der Waals surface area contributed by atoms with E-state index in [1.54, 1.807) is 16.2 Å². The van der Waals surface area contributed by atoms with Gasteiger partial charge in [-0.05, 0) is 49.6 Å². The van der Waals surface area contributed by atoms with Crippen molar-refractivity contribution in [2.75, 3.05) is 16.8 Å². The Balaban J connectivity index is 1.66. The second kappa shape index (κ2) is 8.71. The Morgan fingerprint density at radius 2 is 1.90 bits per heavy atom. The number of nitrogens with one attached hydrogen (secondary N) is 1. The Morgan fingerprint density at radius 1 is 1.13 bits per heavy atom. The summed E-state index contributed by atoms with van der Waals surface area (Å²) in [5, 5.41) is 4.97. The second-order valence-corrected chi connectivity index (χ2v) is 8.27. The molecule has 0 aliphatic carbocycles. The van der Waals surface area contributed by atoms with E-state index < -0.39 is 5.92 Å². The lowest BCUT2D eigenvalue weighted by Crippen LogP contribution is -2.32. The molecule has 5 nitrogen and oxygen atoms in total. The molecule has 1 aliphatic heterocycles. The minimum absolute atomic E-state index is 0.0458. The lowest BCUT2D eigenvalue weighted by molar-refractivity contribution is -0.122. The van der Waals surface area contributed by atoms with Crippen LogP contribution in [0.2, 0.25) is 0 Å². The fourth-order valence-corrected chi connectivity index (χ4v) is 4.72. The zero-order valence-corrected chi connectivity index (χ0v) is 17.8. The van der Waals surface area contributed by atoms with E-state index in [0.29, 0.717) is 18.0 Å². The first kappa shape index (κ1) is 20.2. The topological polar surface area (TPSA) is 58.6 Å². The molecule has 3 aromatic rings. The number of ether oxygens (including phenoxy) is 1. The molecule has 2 atom stereocenters. The van der Waals surface area contributed by atoms with E-state index in [4.69, 9.17) is 4.74 Å². The van der Waals surface area contributed by atoms with Gasteiger partial charge in [0.1, 0.15) is 5.75 Å². The lowest BCUT2D eigenvalue weighted by atomic mass is 9.97. The number of anilines is 2. The molecule has 2 amide bonds. The number of carbonyl (C=O) groups excluding carboxylic acids is 2. The first-order chi connectivity index (χ1) is 14.6. The lowest BCUT2D eigenvalue weighted by Gasteiger charge is -2.27. The number of hydrogen-bond donors (Lipinski definition) is 1. The third kappa shape index (κ3) is 3.96. The van der Waals surface area contributed by atoms with Crippen LogP contribution in [-0.2, 0) is 9.59 Å². The summed E-state index contributed by atoms with van der Waals surface area (Å²) in [6.45, 7) is 4.42. The highest BCUT2D eigenvalue weighted by Gasteiger charge is 2.45. The fourth-order valence-electron chi connectivity index (χ4n) is 3.84. The molecule has 0 bridgehead atoms. The van der Waals surface area contributed by atoms with Gasteiger partial charge in [-0.3, -0.25) is 9.59 Å². The average Bonchev–Trinajstić information content (AvgIpc) is 3.38. The van der Waals surface area contributed by atoms with Crippen molar-refractivity contribution < 1.29 is 14.3 Å². The van der Waals surface area contributed by atoms with Crippen LogP contribution in [0.1, 0.15) is 29.8 Å². The van der Waals surface area contributed by atoms with E-state index in [1.807, 2.05) is 79.9 Å². The molecular formula is C24H24N2O3S. The minimum atomic E-state index is -0.493. The number of carbonyl (C=O) groups is 2. The summed E-state index contributed by atoms with van der Waals surface area (Å²) in [4.78, 5) is 29.1. The fraction of sp³-hybridized carbons (Fsp3) is 0.250. The zero-order valence-electron chi connectivity index (χ0n) is 17.0. The molecule has 0 radical (unpaired) electrons. The van der Waals surface area contributed by atoms with Crippen molar-refractivity contribution in [2.24, 2.45) is 5.92 Å². The van der Waals surface area contributed by atoms with Gasteiger partial charge in [0.15, 0.2) is 0 Å². The van der Waals surface area contributed by atoms with E-state index in [1.165, 1.54) is 0 Å². The largest absolute Gasteiger partial charge is 0.492 e. The highest BCUT2D eigenvalue weighted by molar-refractivity contribution is 7.10.